The number of ether oxygens (including phenoxy) is 1. The molecule has 0 bridgehead atoms. The van der Waals surface area contributed by atoms with E-state index in [1.165, 1.54) is 0 Å². The van der Waals surface area contributed by atoms with Crippen LogP contribution in [0.2, 0.25) is 0 Å². The molecule has 0 radical (unpaired) electrons. The predicted octanol–water partition coefficient (Wildman–Crippen LogP) is 0.0690. The van der Waals surface area contributed by atoms with Gasteiger partial charge in [-0.3, -0.25) is 0 Å². The number of carbonyl (C=O) groups is 2. The van der Waals surface area contributed by atoms with Gasteiger partial charge >= 0.3 is 12.0 Å². The summed E-state index contributed by atoms with van der Waals surface area (Å²) in [6, 6.07) is -0.256. The van der Waals surface area contributed by atoms with Gasteiger partial charge in [-0.1, -0.05) is 0 Å². The van der Waals surface area contributed by atoms with Gasteiger partial charge in [0.05, 0.1) is 18.7 Å². The van der Waals surface area contributed by atoms with Crippen molar-refractivity contribution < 1.29 is 14.3 Å². The standard InChI is InChI=1S/C12H19N3O3S/c1-2-18-11(16)9-5-14-12(17)15-10(9)7-19-6-8-3-13-4-8/h8,13H,2-7H2,1H3,(H2,14,15,17). The van der Waals surface area contributed by atoms with Crippen LogP contribution >= 0.6 is 11.8 Å². The number of amides is 2. The summed E-state index contributed by atoms with van der Waals surface area (Å²) in [6.07, 6.45) is 0. The van der Waals surface area contributed by atoms with E-state index < -0.39 is 0 Å². The van der Waals surface area contributed by atoms with E-state index in [-0.39, 0.29) is 18.5 Å². The predicted molar refractivity (Wildman–Crippen MR) is 73.9 cm³/mol. The first kappa shape index (κ1) is 14.2. The van der Waals surface area contributed by atoms with E-state index in [0.29, 0.717) is 29.5 Å². The number of hydrogen-bond acceptors (Lipinski definition) is 5. The zero-order valence-electron chi connectivity index (χ0n) is 11.0. The van der Waals surface area contributed by atoms with Crippen molar-refractivity contribution in [3.8, 4) is 0 Å². The molecule has 2 aliphatic rings. The average molecular weight is 285 g/mol. The van der Waals surface area contributed by atoms with Gasteiger partial charge in [0.15, 0.2) is 0 Å². The highest BCUT2D eigenvalue weighted by molar-refractivity contribution is 7.99. The van der Waals surface area contributed by atoms with Gasteiger partial charge in [-0.2, -0.15) is 11.8 Å². The van der Waals surface area contributed by atoms with Crippen molar-refractivity contribution >= 4 is 23.8 Å². The van der Waals surface area contributed by atoms with Crippen LogP contribution in [0.15, 0.2) is 11.3 Å². The Balaban J connectivity index is 1.92. The van der Waals surface area contributed by atoms with E-state index in [4.69, 9.17) is 4.74 Å². The Labute approximate surface area is 116 Å². The summed E-state index contributed by atoms with van der Waals surface area (Å²) in [5.74, 6) is 2.03. The van der Waals surface area contributed by atoms with Crippen LogP contribution in [-0.4, -0.2) is 49.7 Å². The minimum Gasteiger partial charge on any atom is -0.463 e. The molecule has 0 aromatic heterocycles. The fourth-order valence-electron chi connectivity index (χ4n) is 1.86. The van der Waals surface area contributed by atoms with Crippen molar-refractivity contribution in [1.82, 2.24) is 16.0 Å². The molecule has 7 heteroatoms. The van der Waals surface area contributed by atoms with E-state index in [0.717, 1.165) is 18.8 Å². The number of hydrogen-bond donors (Lipinski definition) is 3. The second kappa shape index (κ2) is 6.81. The van der Waals surface area contributed by atoms with Crippen LogP contribution in [0.4, 0.5) is 4.79 Å². The zero-order valence-corrected chi connectivity index (χ0v) is 11.8. The molecule has 2 amide bonds. The molecule has 0 unspecified atom stereocenters. The van der Waals surface area contributed by atoms with Crippen LogP contribution in [0.5, 0.6) is 0 Å². The molecular formula is C12H19N3O3S. The van der Waals surface area contributed by atoms with Gasteiger partial charge in [0.2, 0.25) is 0 Å². The lowest BCUT2D eigenvalue weighted by atomic mass is 10.1. The quantitative estimate of drug-likeness (QED) is 0.602. The summed E-state index contributed by atoms with van der Waals surface area (Å²) >= 11 is 1.74. The fourth-order valence-corrected chi connectivity index (χ4v) is 3.00. The number of urea groups is 1. The molecule has 2 aliphatic heterocycles. The van der Waals surface area contributed by atoms with Crippen molar-refractivity contribution in [3.63, 3.8) is 0 Å². The summed E-state index contributed by atoms with van der Waals surface area (Å²) in [6.45, 7) is 4.47. The Morgan fingerprint density at radius 2 is 2.26 bits per heavy atom. The number of nitrogens with one attached hydrogen (secondary N) is 3. The van der Waals surface area contributed by atoms with Gasteiger partial charge in [-0.25, -0.2) is 9.59 Å². The molecule has 0 saturated carbocycles. The molecule has 19 heavy (non-hydrogen) atoms. The smallest absolute Gasteiger partial charge is 0.337 e. The molecular weight excluding hydrogens is 266 g/mol. The van der Waals surface area contributed by atoms with E-state index in [1.807, 2.05) is 0 Å². The number of esters is 1. The molecule has 0 aliphatic carbocycles. The molecule has 2 heterocycles. The first-order chi connectivity index (χ1) is 9.20. The third kappa shape index (κ3) is 3.87. The molecule has 2 rings (SSSR count). The third-order valence-corrected chi connectivity index (χ3v) is 4.24. The summed E-state index contributed by atoms with van der Waals surface area (Å²) in [5.41, 5.74) is 1.21. The van der Waals surface area contributed by atoms with Gasteiger partial charge in [-0.15, -0.1) is 0 Å². The molecule has 1 saturated heterocycles. The van der Waals surface area contributed by atoms with E-state index in [1.54, 1.807) is 18.7 Å². The number of rotatable bonds is 6. The summed E-state index contributed by atoms with van der Waals surface area (Å²) < 4.78 is 5.00. The summed E-state index contributed by atoms with van der Waals surface area (Å²) in [7, 11) is 0. The van der Waals surface area contributed by atoms with E-state index >= 15 is 0 Å². The zero-order chi connectivity index (χ0) is 13.7. The van der Waals surface area contributed by atoms with Crippen molar-refractivity contribution in [1.29, 1.82) is 0 Å². The number of carbonyl (C=O) groups excluding carboxylic acids is 2. The topological polar surface area (TPSA) is 79.5 Å². The normalized spacial score (nSPS) is 19.5. The highest BCUT2D eigenvalue weighted by Gasteiger charge is 2.24. The van der Waals surface area contributed by atoms with Crippen molar-refractivity contribution in [2.45, 2.75) is 6.92 Å². The molecule has 0 aromatic rings. The van der Waals surface area contributed by atoms with E-state index in [2.05, 4.69) is 16.0 Å². The van der Waals surface area contributed by atoms with Crippen LogP contribution < -0.4 is 16.0 Å². The van der Waals surface area contributed by atoms with Gasteiger partial charge in [0.1, 0.15) is 0 Å². The fraction of sp³-hybridized carbons (Fsp3) is 0.667. The highest BCUT2D eigenvalue weighted by Crippen LogP contribution is 2.18. The molecule has 3 N–H and O–H groups in total. The maximum atomic E-state index is 11.8. The molecule has 0 spiro atoms. The maximum absolute atomic E-state index is 11.8. The molecule has 1 fully saturated rings. The Bertz CT molecular complexity index is 394. The van der Waals surface area contributed by atoms with Crippen LogP contribution in [0, 0.1) is 5.92 Å². The Morgan fingerprint density at radius 1 is 1.47 bits per heavy atom. The Kier molecular flexibility index (Phi) is 5.09. The minimum absolute atomic E-state index is 0.242. The van der Waals surface area contributed by atoms with Gasteiger partial charge in [0, 0.05) is 11.4 Å². The Morgan fingerprint density at radius 3 is 2.89 bits per heavy atom. The monoisotopic (exact) mass is 285 g/mol. The Hall–Kier alpha value is -1.21. The van der Waals surface area contributed by atoms with Crippen molar-refractivity contribution in [2.24, 2.45) is 5.92 Å². The third-order valence-electron chi connectivity index (χ3n) is 3.04. The van der Waals surface area contributed by atoms with Crippen LogP contribution in [0.3, 0.4) is 0 Å². The van der Waals surface area contributed by atoms with Crippen molar-refractivity contribution in [2.75, 3.05) is 37.7 Å². The second-order valence-corrected chi connectivity index (χ2v) is 5.55. The van der Waals surface area contributed by atoms with Crippen LogP contribution in [0.25, 0.3) is 0 Å². The molecule has 0 aromatic carbocycles. The van der Waals surface area contributed by atoms with Crippen LogP contribution in [-0.2, 0) is 9.53 Å². The van der Waals surface area contributed by atoms with Crippen LogP contribution in [0.1, 0.15) is 6.92 Å². The van der Waals surface area contributed by atoms with Crippen molar-refractivity contribution in [3.05, 3.63) is 11.3 Å². The SMILES string of the molecule is CCOC(=O)C1=C(CSCC2CNC2)NC(=O)NC1. The molecule has 6 nitrogen and oxygen atoms in total. The first-order valence-electron chi connectivity index (χ1n) is 6.43. The second-order valence-electron chi connectivity index (χ2n) is 4.52. The lowest BCUT2D eigenvalue weighted by molar-refractivity contribution is -0.138. The summed E-state index contributed by atoms with van der Waals surface area (Å²) in [5, 5.41) is 8.52. The first-order valence-corrected chi connectivity index (χ1v) is 7.58. The lowest BCUT2D eigenvalue weighted by Gasteiger charge is -2.27. The largest absolute Gasteiger partial charge is 0.463 e. The number of thioether (sulfide) groups is 1. The van der Waals surface area contributed by atoms with Gasteiger partial charge in [-0.05, 0) is 31.7 Å². The van der Waals surface area contributed by atoms with Gasteiger partial charge in [0.25, 0.3) is 0 Å². The lowest BCUT2D eigenvalue weighted by Crippen LogP contribution is -2.45. The van der Waals surface area contributed by atoms with E-state index in [9.17, 15) is 9.59 Å². The minimum atomic E-state index is -0.351. The highest BCUT2D eigenvalue weighted by atomic mass is 32.2. The average Bonchev–Trinajstić information content (AvgIpc) is 2.32. The summed E-state index contributed by atoms with van der Waals surface area (Å²) in [4.78, 5) is 23.1. The molecule has 0 atom stereocenters. The van der Waals surface area contributed by atoms with Gasteiger partial charge < -0.3 is 20.7 Å². The maximum Gasteiger partial charge on any atom is 0.337 e. The molecule has 106 valence electrons.